The van der Waals surface area contributed by atoms with Crippen LogP contribution in [0.25, 0.3) is 0 Å². The van der Waals surface area contributed by atoms with E-state index in [1.165, 1.54) is 4.90 Å². The van der Waals surface area contributed by atoms with E-state index in [4.69, 9.17) is 23.2 Å². The van der Waals surface area contributed by atoms with Gasteiger partial charge in [0, 0.05) is 34.0 Å². The number of amides is 2. The van der Waals surface area contributed by atoms with Gasteiger partial charge in [0.25, 0.3) is 5.91 Å². The zero-order valence-electron chi connectivity index (χ0n) is 18.3. The van der Waals surface area contributed by atoms with Crippen LogP contribution in [0.15, 0.2) is 42.5 Å². The molecule has 2 N–H and O–H groups in total. The summed E-state index contributed by atoms with van der Waals surface area (Å²) in [5, 5.41) is 20.6. The van der Waals surface area contributed by atoms with Crippen LogP contribution in [0.4, 0.5) is 5.69 Å². The van der Waals surface area contributed by atoms with Gasteiger partial charge in [-0.1, -0.05) is 41.4 Å². The maximum Gasteiger partial charge on any atom is 0.304 e. The van der Waals surface area contributed by atoms with Crippen molar-refractivity contribution < 1.29 is 24.6 Å². The maximum atomic E-state index is 14.2. The van der Waals surface area contributed by atoms with Crippen LogP contribution in [0.2, 0.25) is 10.0 Å². The lowest BCUT2D eigenvalue weighted by Crippen LogP contribution is -2.64. The fourth-order valence-electron chi connectivity index (χ4n) is 5.63. The third-order valence-corrected chi connectivity index (χ3v) is 7.72. The van der Waals surface area contributed by atoms with Gasteiger partial charge >= 0.3 is 5.97 Å². The molecule has 0 radical (unpaired) electrons. The number of likely N-dealkylation sites (tertiary alicyclic amines) is 1. The van der Waals surface area contributed by atoms with Crippen LogP contribution >= 0.6 is 23.2 Å². The Morgan fingerprint density at radius 1 is 1.09 bits per heavy atom. The number of halogens is 2. The third-order valence-electron chi connectivity index (χ3n) is 7.25. The Labute approximate surface area is 206 Å². The standard InChI is InChI=1S/C25H24Cl2N2O5/c26-17-3-1-2-15(8-17)20-9-16(10-22(31)32)23(33)29(12-14-4-5-14)25(20)19-7-6-18(27)11-21(19)28(13-30)24(25)34/h1-3,6-8,11,14,16,20,30H,4-5,9-10,12-13H2,(H,31,32)/t16?,20-,25-/m1/s1. The number of fused-ring (bicyclic) bond motifs is 2. The lowest BCUT2D eigenvalue weighted by molar-refractivity contribution is -0.161. The first-order chi connectivity index (χ1) is 16.3. The second kappa shape index (κ2) is 8.56. The molecule has 1 aliphatic carbocycles. The van der Waals surface area contributed by atoms with Crippen molar-refractivity contribution in [1.29, 1.82) is 0 Å². The van der Waals surface area contributed by atoms with Gasteiger partial charge in [0.15, 0.2) is 5.54 Å². The highest BCUT2D eigenvalue weighted by molar-refractivity contribution is 6.31. The van der Waals surface area contributed by atoms with Crippen LogP contribution in [0.1, 0.15) is 42.7 Å². The van der Waals surface area contributed by atoms with Gasteiger partial charge in [0.1, 0.15) is 6.73 Å². The minimum absolute atomic E-state index is 0.166. The predicted molar refractivity (Wildman–Crippen MR) is 127 cm³/mol. The summed E-state index contributed by atoms with van der Waals surface area (Å²) >= 11 is 12.6. The Kier molecular flexibility index (Phi) is 5.82. The molecule has 5 rings (SSSR count). The van der Waals surface area contributed by atoms with Crippen molar-refractivity contribution in [1.82, 2.24) is 4.90 Å². The molecule has 2 amide bonds. The molecule has 178 valence electrons. The van der Waals surface area contributed by atoms with Crippen molar-refractivity contribution in [3.63, 3.8) is 0 Å². The molecule has 2 aliphatic heterocycles. The maximum absolute atomic E-state index is 14.2. The Hall–Kier alpha value is -2.61. The van der Waals surface area contributed by atoms with E-state index in [-0.39, 0.29) is 24.7 Å². The molecule has 2 heterocycles. The first-order valence-electron chi connectivity index (χ1n) is 11.3. The van der Waals surface area contributed by atoms with E-state index < -0.39 is 36.0 Å². The molecular weight excluding hydrogens is 479 g/mol. The molecule has 34 heavy (non-hydrogen) atoms. The van der Waals surface area contributed by atoms with Crippen LogP contribution in [-0.2, 0) is 19.9 Å². The van der Waals surface area contributed by atoms with Crippen molar-refractivity contribution in [2.45, 2.75) is 37.1 Å². The molecule has 3 atom stereocenters. The topological polar surface area (TPSA) is 98.2 Å². The third kappa shape index (κ3) is 3.58. The molecule has 3 aliphatic rings. The minimum atomic E-state index is -1.43. The number of carboxylic acid groups (broad SMARTS) is 1. The number of piperidine rings is 1. The normalized spacial score (nSPS) is 26.3. The van der Waals surface area contributed by atoms with E-state index in [0.29, 0.717) is 27.8 Å². The highest BCUT2D eigenvalue weighted by atomic mass is 35.5. The van der Waals surface area contributed by atoms with Gasteiger partial charge < -0.3 is 15.1 Å². The fraction of sp³-hybridized carbons (Fsp3) is 0.400. The number of carbonyl (C=O) groups excluding carboxylic acids is 2. The lowest BCUT2D eigenvalue weighted by atomic mass is 9.66. The molecule has 1 spiro atoms. The summed E-state index contributed by atoms with van der Waals surface area (Å²) in [5.74, 6) is -2.92. The second-order valence-electron chi connectivity index (χ2n) is 9.33. The van der Waals surface area contributed by atoms with E-state index in [9.17, 15) is 24.6 Å². The summed E-state index contributed by atoms with van der Waals surface area (Å²) in [6.45, 7) is -0.223. The van der Waals surface area contributed by atoms with Gasteiger partial charge in [-0.15, -0.1) is 0 Å². The fourth-order valence-corrected chi connectivity index (χ4v) is 6.00. The Morgan fingerprint density at radius 2 is 1.82 bits per heavy atom. The van der Waals surface area contributed by atoms with Gasteiger partial charge in [-0.2, -0.15) is 0 Å². The second-order valence-corrected chi connectivity index (χ2v) is 10.2. The monoisotopic (exact) mass is 502 g/mol. The number of carboxylic acids is 1. The molecule has 2 aromatic rings. The van der Waals surface area contributed by atoms with E-state index >= 15 is 0 Å². The van der Waals surface area contributed by atoms with Gasteiger partial charge in [-0.05, 0) is 55.0 Å². The molecule has 9 heteroatoms. The highest BCUT2D eigenvalue weighted by Crippen LogP contribution is 2.58. The van der Waals surface area contributed by atoms with Crippen molar-refractivity contribution in [2.75, 3.05) is 18.2 Å². The smallest absolute Gasteiger partial charge is 0.304 e. The molecule has 2 aromatic carbocycles. The zero-order chi connectivity index (χ0) is 24.2. The molecule has 1 saturated carbocycles. The van der Waals surface area contributed by atoms with Crippen molar-refractivity contribution >= 4 is 46.7 Å². The Balaban J connectivity index is 1.78. The number of benzene rings is 2. The number of hydrogen-bond donors (Lipinski definition) is 2. The molecule has 1 saturated heterocycles. The molecule has 7 nitrogen and oxygen atoms in total. The van der Waals surface area contributed by atoms with Gasteiger partial charge in [-0.25, -0.2) is 0 Å². The number of carbonyl (C=O) groups is 3. The summed E-state index contributed by atoms with van der Waals surface area (Å²) in [4.78, 5) is 42.5. The van der Waals surface area contributed by atoms with Gasteiger partial charge in [-0.3, -0.25) is 19.3 Å². The number of nitrogens with zero attached hydrogens (tertiary/aromatic N) is 2. The molecular formula is C25H24Cl2N2O5. The SMILES string of the molecule is O=C(O)CC1C[C@H](c2cccc(Cl)c2)[C@]2(C(=O)N(CO)c3cc(Cl)ccc32)N(CC2CC2)C1=O. The van der Waals surface area contributed by atoms with Crippen LogP contribution in [0.5, 0.6) is 0 Å². The highest BCUT2D eigenvalue weighted by Gasteiger charge is 2.64. The van der Waals surface area contributed by atoms with Crippen LogP contribution < -0.4 is 4.90 Å². The molecule has 2 fully saturated rings. The number of rotatable bonds is 6. The van der Waals surface area contributed by atoms with E-state index in [0.717, 1.165) is 18.4 Å². The van der Waals surface area contributed by atoms with Crippen LogP contribution in [0, 0.1) is 11.8 Å². The quantitative estimate of drug-likeness (QED) is 0.621. The molecule has 0 bridgehead atoms. The van der Waals surface area contributed by atoms with Crippen molar-refractivity contribution in [2.24, 2.45) is 11.8 Å². The molecule has 0 aromatic heterocycles. The van der Waals surface area contributed by atoms with Crippen LogP contribution in [-0.4, -0.2) is 46.2 Å². The van der Waals surface area contributed by atoms with Gasteiger partial charge in [0.2, 0.25) is 5.91 Å². The summed E-state index contributed by atoms with van der Waals surface area (Å²) in [6.07, 6.45) is 1.73. The number of aliphatic hydroxyl groups is 1. The summed E-state index contributed by atoms with van der Waals surface area (Å²) < 4.78 is 0. The first kappa shape index (κ1) is 23.1. The largest absolute Gasteiger partial charge is 0.481 e. The Bertz CT molecular complexity index is 1180. The summed E-state index contributed by atoms with van der Waals surface area (Å²) in [6, 6.07) is 12.2. The first-order valence-corrected chi connectivity index (χ1v) is 12.0. The number of aliphatic hydroxyl groups excluding tert-OH is 1. The van der Waals surface area contributed by atoms with Crippen molar-refractivity contribution in [3.05, 3.63) is 63.6 Å². The van der Waals surface area contributed by atoms with E-state index in [1.807, 2.05) is 6.07 Å². The number of anilines is 1. The van der Waals surface area contributed by atoms with Crippen LogP contribution in [0.3, 0.4) is 0 Å². The number of aliphatic carboxylic acids is 1. The Morgan fingerprint density at radius 3 is 2.47 bits per heavy atom. The average molecular weight is 503 g/mol. The van der Waals surface area contributed by atoms with Crippen molar-refractivity contribution in [3.8, 4) is 0 Å². The predicted octanol–water partition coefficient (Wildman–Crippen LogP) is 4.00. The van der Waals surface area contributed by atoms with E-state index in [2.05, 4.69) is 0 Å². The summed E-state index contributed by atoms with van der Waals surface area (Å²) in [7, 11) is 0. The summed E-state index contributed by atoms with van der Waals surface area (Å²) in [5.41, 5.74) is 0.355. The minimum Gasteiger partial charge on any atom is -0.481 e. The average Bonchev–Trinajstić information content (AvgIpc) is 3.57. The molecule has 1 unspecified atom stereocenters. The van der Waals surface area contributed by atoms with Gasteiger partial charge in [0.05, 0.1) is 12.1 Å². The lowest BCUT2D eigenvalue weighted by Gasteiger charge is -2.51. The zero-order valence-corrected chi connectivity index (χ0v) is 19.8. The number of hydrogen-bond acceptors (Lipinski definition) is 4. The van der Waals surface area contributed by atoms with E-state index in [1.54, 1.807) is 41.3 Å².